The first-order chi connectivity index (χ1) is 6.19. The van der Waals surface area contributed by atoms with E-state index in [2.05, 4.69) is 6.58 Å². The van der Waals surface area contributed by atoms with Gasteiger partial charge in [0.15, 0.2) is 5.78 Å². The van der Waals surface area contributed by atoms with Gasteiger partial charge in [0.25, 0.3) is 0 Å². The number of allylic oxidation sites excluding steroid dienone is 1. The number of carbonyl (C=O) groups is 1. The number of hydrogen-bond donors (Lipinski definition) is 0. The Morgan fingerprint density at radius 3 is 2.77 bits per heavy atom. The first-order valence-electron chi connectivity index (χ1n) is 3.69. The molecule has 0 saturated carbocycles. The van der Waals surface area contributed by atoms with Crippen molar-refractivity contribution in [3.05, 3.63) is 42.2 Å². The van der Waals surface area contributed by atoms with Crippen molar-refractivity contribution >= 4 is 5.78 Å². The van der Waals surface area contributed by atoms with E-state index in [-0.39, 0.29) is 5.56 Å². The molecule has 3 heteroatoms. The largest absolute Gasteiger partial charge is 0.497 e. The molecule has 0 N–H and O–H groups in total. The average Bonchev–Trinajstić information content (AvgIpc) is 2.16. The van der Waals surface area contributed by atoms with Gasteiger partial charge in [-0.2, -0.15) is 0 Å². The predicted molar refractivity (Wildman–Crippen MR) is 47.5 cm³/mol. The van der Waals surface area contributed by atoms with Crippen LogP contribution in [0.4, 0.5) is 4.39 Å². The monoisotopic (exact) mass is 180 g/mol. The molecule has 0 radical (unpaired) electrons. The molecule has 0 amide bonds. The van der Waals surface area contributed by atoms with Gasteiger partial charge in [0.1, 0.15) is 11.6 Å². The third-order valence-corrected chi connectivity index (χ3v) is 1.63. The van der Waals surface area contributed by atoms with Gasteiger partial charge in [0.05, 0.1) is 12.7 Å². The second-order valence-electron chi connectivity index (χ2n) is 2.41. The Labute approximate surface area is 75.6 Å². The van der Waals surface area contributed by atoms with Crippen LogP contribution in [0.25, 0.3) is 0 Å². The van der Waals surface area contributed by atoms with Crippen LogP contribution in [-0.2, 0) is 0 Å². The van der Waals surface area contributed by atoms with E-state index in [0.717, 1.165) is 12.1 Å². The number of ether oxygens (including phenoxy) is 1. The molecule has 68 valence electrons. The summed E-state index contributed by atoms with van der Waals surface area (Å²) in [5.41, 5.74) is 0.0100. The fourth-order valence-corrected chi connectivity index (χ4v) is 0.933. The maximum atomic E-state index is 13.1. The minimum Gasteiger partial charge on any atom is -0.497 e. The number of benzene rings is 1. The van der Waals surface area contributed by atoms with E-state index in [1.165, 1.54) is 19.2 Å². The molecule has 0 aromatic heterocycles. The highest BCUT2D eigenvalue weighted by atomic mass is 19.1. The van der Waals surface area contributed by atoms with Crippen molar-refractivity contribution in [1.29, 1.82) is 0 Å². The topological polar surface area (TPSA) is 26.3 Å². The maximum absolute atomic E-state index is 13.1. The van der Waals surface area contributed by atoms with Gasteiger partial charge in [0, 0.05) is 6.07 Å². The first-order valence-corrected chi connectivity index (χ1v) is 3.69. The molecule has 0 fully saturated rings. The van der Waals surface area contributed by atoms with E-state index in [4.69, 9.17) is 4.74 Å². The highest BCUT2D eigenvalue weighted by molar-refractivity contribution is 6.04. The molecular weight excluding hydrogens is 171 g/mol. The van der Waals surface area contributed by atoms with Crippen molar-refractivity contribution in [2.45, 2.75) is 0 Å². The van der Waals surface area contributed by atoms with Crippen LogP contribution in [0.15, 0.2) is 30.9 Å². The second-order valence-corrected chi connectivity index (χ2v) is 2.41. The van der Waals surface area contributed by atoms with E-state index in [9.17, 15) is 9.18 Å². The van der Waals surface area contributed by atoms with Gasteiger partial charge in [0.2, 0.25) is 0 Å². The Morgan fingerprint density at radius 1 is 1.62 bits per heavy atom. The molecule has 13 heavy (non-hydrogen) atoms. The molecule has 0 heterocycles. The highest BCUT2D eigenvalue weighted by Gasteiger charge is 2.08. The van der Waals surface area contributed by atoms with Gasteiger partial charge in [-0.15, -0.1) is 0 Å². The summed E-state index contributed by atoms with van der Waals surface area (Å²) in [5.74, 6) is -0.637. The molecular formula is C10H9FO2. The number of methoxy groups -OCH3 is 1. The van der Waals surface area contributed by atoms with Gasteiger partial charge in [-0.3, -0.25) is 4.79 Å². The lowest BCUT2D eigenvalue weighted by atomic mass is 10.1. The van der Waals surface area contributed by atoms with Gasteiger partial charge >= 0.3 is 0 Å². The molecule has 0 aliphatic rings. The predicted octanol–water partition coefficient (Wildman–Crippen LogP) is 2.20. The fourth-order valence-electron chi connectivity index (χ4n) is 0.933. The van der Waals surface area contributed by atoms with Crippen molar-refractivity contribution in [2.75, 3.05) is 7.11 Å². The van der Waals surface area contributed by atoms with Crippen LogP contribution >= 0.6 is 0 Å². The summed E-state index contributed by atoms with van der Waals surface area (Å²) in [6.07, 6.45) is 1.07. The first kappa shape index (κ1) is 9.45. The quantitative estimate of drug-likeness (QED) is 0.526. The third-order valence-electron chi connectivity index (χ3n) is 1.63. The smallest absolute Gasteiger partial charge is 0.188 e. The molecule has 0 spiro atoms. The molecule has 1 aromatic carbocycles. The highest BCUT2D eigenvalue weighted by Crippen LogP contribution is 2.16. The van der Waals surface area contributed by atoms with Gasteiger partial charge in [-0.1, -0.05) is 6.58 Å². The van der Waals surface area contributed by atoms with Crippen molar-refractivity contribution in [2.24, 2.45) is 0 Å². The minimum absolute atomic E-state index is 0.0100. The summed E-state index contributed by atoms with van der Waals surface area (Å²) < 4.78 is 17.9. The summed E-state index contributed by atoms with van der Waals surface area (Å²) in [6.45, 7) is 3.27. The molecule has 0 saturated heterocycles. The fraction of sp³-hybridized carbons (Fsp3) is 0.100. The van der Waals surface area contributed by atoms with E-state index in [1.807, 2.05) is 0 Å². The molecule has 1 aromatic rings. The second kappa shape index (κ2) is 3.85. The molecule has 0 atom stereocenters. The van der Waals surface area contributed by atoms with Crippen LogP contribution in [-0.4, -0.2) is 12.9 Å². The van der Waals surface area contributed by atoms with E-state index in [0.29, 0.717) is 5.75 Å². The van der Waals surface area contributed by atoms with E-state index >= 15 is 0 Å². The molecule has 0 bridgehead atoms. The number of halogens is 1. The summed E-state index contributed by atoms with van der Waals surface area (Å²) >= 11 is 0. The number of rotatable bonds is 3. The van der Waals surface area contributed by atoms with E-state index < -0.39 is 11.6 Å². The van der Waals surface area contributed by atoms with Crippen molar-refractivity contribution in [1.82, 2.24) is 0 Å². The Balaban J connectivity index is 3.12. The minimum atomic E-state index is -0.593. The van der Waals surface area contributed by atoms with Gasteiger partial charge < -0.3 is 4.74 Å². The van der Waals surface area contributed by atoms with Crippen LogP contribution < -0.4 is 4.74 Å². The average molecular weight is 180 g/mol. The third kappa shape index (κ3) is 1.93. The number of carbonyl (C=O) groups excluding carboxylic acids is 1. The van der Waals surface area contributed by atoms with Crippen molar-refractivity contribution in [3.63, 3.8) is 0 Å². The SMILES string of the molecule is C=CC(=O)c1ccc(OC)cc1F. The van der Waals surface area contributed by atoms with Crippen molar-refractivity contribution in [3.8, 4) is 5.75 Å². The standard InChI is InChI=1S/C10H9FO2/c1-3-10(12)8-5-4-7(13-2)6-9(8)11/h3-6H,1H2,2H3. The Hall–Kier alpha value is -1.64. The summed E-state index contributed by atoms with van der Waals surface area (Å²) in [7, 11) is 1.43. The Bertz CT molecular complexity index is 345. The lowest BCUT2D eigenvalue weighted by Gasteiger charge is -2.01. The molecule has 0 aliphatic heterocycles. The zero-order chi connectivity index (χ0) is 9.84. The van der Waals surface area contributed by atoms with Crippen LogP contribution in [0.2, 0.25) is 0 Å². The summed E-state index contributed by atoms with van der Waals surface area (Å²) in [4.78, 5) is 11.0. The molecule has 1 rings (SSSR count). The van der Waals surface area contributed by atoms with Crippen LogP contribution in [0.5, 0.6) is 5.75 Å². The Kier molecular flexibility index (Phi) is 2.80. The summed E-state index contributed by atoms with van der Waals surface area (Å²) in [5, 5.41) is 0. The maximum Gasteiger partial charge on any atom is 0.188 e. The molecule has 0 aliphatic carbocycles. The number of hydrogen-bond acceptors (Lipinski definition) is 2. The van der Waals surface area contributed by atoms with E-state index in [1.54, 1.807) is 0 Å². The van der Waals surface area contributed by atoms with Crippen LogP contribution in [0.1, 0.15) is 10.4 Å². The van der Waals surface area contributed by atoms with Crippen molar-refractivity contribution < 1.29 is 13.9 Å². The van der Waals surface area contributed by atoms with Crippen LogP contribution in [0.3, 0.4) is 0 Å². The lowest BCUT2D eigenvalue weighted by Crippen LogP contribution is -1.98. The summed E-state index contributed by atoms with van der Waals surface area (Å²) in [6, 6.07) is 4.06. The lowest BCUT2D eigenvalue weighted by molar-refractivity contribution is 0.104. The Morgan fingerprint density at radius 2 is 2.31 bits per heavy atom. The zero-order valence-electron chi connectivity index (χ0n) is 7.21. The number of ketones is 1. The normalized spacial score (nSPS) is 9.38. The van der Waals surface area contributed by atoms with Gasteiger partial charge in [-0.25, -0.2) is 4.39 Å². The van der Waals surface area contributed by atoms with Crippen LogP contribution in [0, 0.1) is 5.82 Å². The molecule has 0 unspecified atom stereocenters. The zero-order valence-corrected chi connectivity index (χ0v) is 7.21. The van der Waals surface area contributed by atoms with Gasteiger partial charge in [-0.05, 0) is 18.2 Å². The molecule has 2 nitrogen and oxygen atoms in total.